The molecule has 0 bridgehead atoms. The normalized spacial score (nSPS) is 10.8. The van der Waals surface area contributed by atoms with Crippen molar-refractivity contribution in [2.45, 2.75) is 32.6 Å². The molecule has 0 heterocycles. The van der Waals surface area contributed by atoms with Crippen LogP contribution in [0.3, 0.4) is 0 Å². The molecule has 0 aliphatic rings. The number of aliphatic hydroxyl groups is 1. The number of carbonyl (C=O) groups excluding carboxylic acids is 1. The molecule has 0 atom stereocenters. The lowest BCUT2D eigenvalue weighted by Gasteiger charge is -2.01. The van der Waals surface area contributed by atoms with Crippen LogP contribution in [-0.4, -0.2) is 17.6 Å². The van der Waals surface area contributed by atoms with Gasteiger partial charge in [0.15, 0.2) is 0 Å². The predicted octanol–water partition coefficient (Wildman–Crippen LogP) is 3.21. The van der Waals surface area contributed by atoms with Gasteiger partial charge in [0.05, 0.1) is 0 Å². The van der Waals surface area contributed by atoms with Crippen molar-refractivity contribution in [1.82, 2.24) is 0 Å². The average Bonchev–Trinajstić information content (AvgIpc) is 2.35. The first-order valence-electron chi connectivity index (χ1n) is 6.37. The van der Waals surface area contributed by atoms with Gasteiger partial charge in [-0.15, -0.1) is 0 Å². The molecule has 98 valence electrons. The lowest BCUT2D eigenvalue weighted by molar-refractivity contribution is -0.114. The maximum absolute atomic E-state index is 10.9. The zero-order valence-electron chi connectivity index (χ0n) is 10.9. The second-order valence-corrected chi connectivity index (χ2v) is 4.28. The van der Waals surface area contributed by atoms with Crippen molar-refractivity contribution in [2.75, 3.05) is 11.9 Å². The third-order valence-corrected chi connectivity index (χ3v) is 2.57. The van der Waals surface area contributed by atoms with E-state index in [1.807, 2.05) is 24.3 Å². The molecule has 0 radical (unpaired) electrons. The van der Waals surface area contributed by atoms with E-state index in [1.54, 1.807) is 0 Å². The molecule has 0 fully saturated rings. The Morgan fingerprint density at radius 2 is 1.94 bits per heavy atom. The van der Waals surface area contributed by atoms with E-state index in [2.05, 4.69) is 17.5 Å². The van der Waals surface area contributed by atoms with Gasteiger partial charge < -0.3 is 10.4 Å². The maximum Gasteiger partial charge on any atom is 0.221 e. The number of aliphatic hydroxyl groups excluding tert-OH is 1. The van der Waals surface area contributed by atoms with Gasteiger partial charge in [-0.25, -0.2) is 0 Å². The summed E-state index contributed by atoms with van der Waals surface area (Å²) in [5.74, 6) is -0.0535. The summed E-state index contributed by atoms with van der Waals surface area (Å²) in [6.07, 6.45) is 8.33. The Balaban J connectivity index is 2.34. The smallest absolute Gasteiger partial charge is 0.221 e. The Labute approximate surface area is 109 Å². The summed E-state index contributed by atoms with van der Waals surface area (Å²) in [5, 5.41) is 11.4. The van der Waals surface area contributed by atoms with Crippen molar-refractivity contribution in [3.05, 3.63) is 35.9 Å². The highest BCUT2D eigenvalue weighted by Gasteiger charge is 1.94. The van der Waals surface area contributed by atoms with Crippen molar-refractivity contribution in [3.63, 3.8) is 0 Å². The van der Waals surface area contributed by atoms with E-state index in [9.17, 15) is 4.79 Å². The molecule has 0 spiro atoms. The summed E-state index contributed by atoms with van der Waals surface area (Å²) < 4.78 is 0. The van der Waals surface area contributed by atoms with E-state index in [0.717, 1.165) is 36.9 Å². The minimum Gasteiger partial charge on any atom is -0.396 e. The molecule has 1 rings (SSSR count). The van der Waals surface area contributed by atoms with Crippen molar-refractivity contribution in [3.8, 4) is 0 Å². The molecular weight excluding hydrogens is 226 g/mol. The zero-order valence-corrected chi connectivity index (χ0v) is 10.9. The van der Waals surface area contributed by atoms with Crippen LogP contribution in [0, 0.1) is 0 Å². The highest BCUT2D eigenvalue weighted by Crippen LogP contribution is 2.11. The predicted molar refractivity (Wildman–Crippen MR) is 75.3 cm³/mol. The Hall–Kier alpha value is -1.61. The molecule has 18 heavy (non-hydrogen) atoms. The van der Waals surface area contributed by atoms with E-state index in [0.29, 0.717) is 0 Å². The van der Waals surface area contributed by atoms with E-state index >= 15 is 0 Å². The third-order valence-electron chi connectivity index (χ3n) is 2.57. The van der Waals surface area contributed by atoms with Gasteiger partial charge in [0.1, 0.15) is 0 Å². The number of rotatable bonds is 7. The van der Waals surface area contributed by atoms with Gasteiger partial charge in [0, 0.05) is 19.2 Å². The number of nitrogens with one attached hydrogen (secondary N) is 1. The fraction of sp³-hybridized carbons (Fsp3) is 0.400. The number of carbonyl (C=O) groups is 1. The van der Waals surface area contributed by atoms with Crippen LogP contribution < -0.4 is 5.32 Å². The fourth-order valence-corrected chi connectivity index (χ4v) is 1.65. The summed E-state index contributed by atoms with van der Waals surface area (Å²) in [4.78, 5) is 10.9. The summed E-state index contributed by atoms with van der Waals surface area (Å²) in [5.41, 5.74) is 1.95. The SMILES string of the molecule is CC(=O)Nc1ccc(C=CCCCCCO)cc1. The first kappa shape index (κ1) is 14.5. The highest BCUT2D eigenvalue weighted by molar-refractivity contribution is 5.88. The second-order valence-electron chi connectivity index (χ2n) is 4.28. The van der Waals surface area contributed by atoms with Gasteiger partial charge in [0.2, 0.25) is 5.91 Å². The van der Waals surface area contributed by atoms with E-state index in [4.69, 9.17) is 5.11 Å². The number of allylic oxidation sites excluding steroid dienone is 1. The number of anilines is 1. The molecule has 1 amide bonds. The van der Waals surface area contributed by atoms with Gasteiger partial charge in [-0.05, 0) is 37.0 Å². The van der Waals surface area contributed by atoms with Gasteiger partial charge in [-0.3, -0.25) is 4.79 Å². The van der Waals surface area contributed by atoms with Gasteiger partial charge in [-0.1, -0.05) is 30.7 Å². The largest absolute Gasteiger partial charge is 0.396 e. The summed E-state index contributed by atoms with van der Waals surface area (Å²) in [6, 6.07) is 7.75. The number of amides is 1. The third kappa shape index (κ3) is 6.21. The summed E-state index contributed by atoms with van der Waals surface area (Å²) in [7, 11) is 0. The molecule has 3 heteroatoms. The average molecular weight is 247 g/mol. The summed E-state index contributed by atoms with van der Waals surface area (Å²) >= 11 is 0. The van der Waals surface area contributed by atoms with Crippen molar-refractivity contribution in [1.29, 1.82) is 0 Å². The van der Waals surface area contributed by atoms with Crippen LogP contribution in [0.25, 0.3) is 6.08 Å². The fourth-order valence-electron chi connectivity index (χ4n) is 1.65. The van der Waals surface area contributed by atoms with Crippen molar-refractivity contribution < 1.29 is 9.90 Å². The number of benzene rings is 1. The molecule has 1 aromatic rings. The molecular formula is C15H21NO2. The van der Waals surface area contributed by atoms with E-state index in [-0.39, 0.29) is 12.5 Å². The standard InChI is InChI=1S/C15H21NO2/c1-13(18)16-15-10-8-14(9-11-15)7-5-3-2-4-6-12-17/h5,7-11,17H,2-4,6,12H2,1H3,(H,16,18). The minimum atomic E-state index is -0.0535. The molecule has 0 saturated carbocycles. The van der Waals surface area contributed by atoms with Crippen molar-refractivity contribution in [2.24, 2.45) is 0 Å². The molecule has 0 aliphatic carbocycles. The van der Waals surface area contributed by atoms with E-state index in [1.165, 1.54) is 6.92 Å². The van der Waals surface area contributed by atoms with Gasteiger partial charge >= 0.3 is 0 Å². The summed E-state index contributed by atoms with van der Waals surface area (Å²) in [6.45, 7) is 1.79. The van der Waals surface area contributed by atoms with Crippen LogP contribution in [0.5, 0.6) is 0 Å². The van der Waals surface area contributed by atoms with Crippen molar-refractivity contribution >= 4 is 17.7 Å². The molecule has 0 saturated heterocycles. The quantitative estimate of drug-likeness (QED) is 0.727. The lowest BCUT2D eigenvalue weighted by Crippen LogP contribution is -2.05. The molecule has 1 aromatic carbocycles. The van der Waals surface area contributed by atoms with Gasteiger partial charge in [0.25, 0.3) is 0 Å². The van der Waals surface area contributed by atoms with Crippen LogP contribution in [-0.2, 0) is 4.79 Å². The van der Waals surface area contributed by atoms with Crippen LogP contribution >= 0.6 is 0 Å². The molecule has 2 N–H and O–H groups in total. The first-order valence-corrected chi connectivity index (χ1v) is 6.37. The number of hydrogen-bond donors (Lipinski definition) is 2. The van der Waals surface area contributed by atoms with Gasteiger partial charge in [-0.2, -0.15) is 0 Å². The second kappa shape index (κ2) is 8.48. The van der Waals surface area contributed by atoms with Crippen LogP contribution in [0.1, 0.15) is 38.2 Å². The number of hydrogen-bond acceptors (Lipinski definition) is 2. The van der Waals surface area contributed by atoms with Crippen LogP contribution in [0.4, 0.5) is 5.69 Å². The molecule has 0 aliphatic heterocycles. The van der Waals surface area contributed by atoms with Crippen LogP contribution in [0.15, 0.2) is 30.3 Å². The monoisotopic (exact) mass is 247 g/mol. The Kier molecular flexibility index (Phi) is 6.81. The van der Waals surface area contributed by atoms with Crippen LogP contribution in [0.2, 0.25) is 0 Å². The minimum absolute atomic E-state index is 0.0535. The molecule has 0 unspecified atom stereocenters. The van der Waals surface area contributed by atoms with E-state index < -0.39 is 0 Å². The number of unbranched alkanes of at least 4 members (excludes halogenated alkanes) is 3. The highest BCUT2D eigenvalue weighted by atomic mass is 16.2. The molecule has 3 nitrogen and oxygen atoms in total. The topological polar surface area (TPSA) is 49.3 Å². The Morgan fingerprint density at radius 1 is 1.22 bits per heavy atom. The Morgan fingerprint density at radius 3 is 2.56 bits per heavy atom. The first-order chi connectivity index (χ1) is 8.72. The Bertz CT molecular complexity index is 382. The molecule has 0 aromatic heterocycles. The lowest BCUT2D eigenvalue weighted by atomic mass is 10.1. The zero-order chi connectivity index (χ0) is 13.2. The maximum atomic E-state index is 10.9.